The zero-order valence-electron chi connectivity index (χ0n) is 15.6. The number of hydrogen-bond acceptors (Lipinski definition) is 5. The average molecular weight is 426 g/mol. The van der Waals surface area contributed by atoms with Gasteiger partial charge in [-0.15, -0.1) is 0 Å². The molecule has 0 aliphatic carbocycles. The molecule has 1 amide bonds. The van der Waals surface area contributed by atoms with Gasteiger partial charge in [-0.05, 0) is 36.8 Å². The number of primary sulfonamides is 1. The van der Waals surface area contributed by atoms with Gasteiger partial charge in [0.05, 0.1) is 15.8 Å². The predicted molar refractivity (Wildman–Crippen MR) is 105 cm³/mol. The zero-order chi connectivity index (χ0) is 20.9. The third kappa shape index (κ3) is 5.61. The Balaban J connectivity index is 1.95. The van der Waals surface area contributed by atoms with E-state index >= 15 is 0 Å². The summed E-state index contributed by atoms with van der Waals surface area (Å²) in [7, 11) is -5.84. The summed E-state index contributed by atoms with van der Waals surface area (Å²) in [5.74, 6) is -0.251. The van der Waals surface area contributed by atoms with Gasteiger partial charge in [-0.3, -0.25) is 4.79 Å². The quantitative estimate of drug-likeness (QED) is 0.657. The van der Waals surface area contributed by atoms with Gasteiger partial charge in [0, 0.05) is 20.0 Å². The van der Waals surface area contributed by atoms with E-state index in [1.807, 2.05) is 0 Å². The minimum absolute atomic E-state index is 0.00671. The van der Waals surface area contributed by atoms with Crippen LogP contribution in [0.4, 0.5) is 0 Å². The van der Waals surface area contributed by atoms with Crippen molar-refractivity contribution in [2.24, 2.45) is 5.14 Å². The highest BCUT2D eigenvalue weighted by molar-refractivity contribution is 7.89. The third-order valence-electron chi connectivity index (χ3n) is 4.35. The lowest BCUT2D eigenvalue weighted by Gasteiger charge is -2.25. The van der Waals surface area contributed by atoms with E-state index in [9.17, 15) is 21.6 Å². The molecule has 2 aromatic carbocycles. The molecule has 0 aliphatic heterocycles. The topological polar surface area (TPSA) is 127 Å². The highest BCUT2D eigenvalue weighted by atomic mass is 32.2. The summed E-state index contributed by atoms with van der Waals surface area (Å²) in [4.78, 5) is 14.0. The molecule has 0 aromatic heterocycles. The fourth-order valence-corrected chi connectivity index (χ4v) is 4.10. The first-order valence-corrected chi connectivity index (χ1v) is 11.5. The largest absolute Gasteiger partial charge is 0.339 e. The van der Waals surface area contributed by atoms with Crippen LogP contribution < -0.4 is 9.86 Å². The Labute approximate surface area is 165 Å². The van der Waals surface area contributed by atoms with Crippen molar-refractivity contribution in [2.75, 3.05) is 13.6 Å². The van der Waals surface area contributed by atoms with Crippen molar-refractivity contribution in [3.63, 3.8) is 0 Å². The van der Waals surface area contributed by atoms with Gasteiger partial charge in [-0.1, -0.05) is 30.3 Å². The monoisotopic (exact) mass is 425 g/mol. The minimum Gasteiger partial charge on any atom is -0.339 e. The molecular weight excluding hydrogens is 402 g/mol. The van der Waals surface area contributed by atoms with Crippen LogP contribution in [0.5, 0.6) is 0 Å². The number of sulfonamides is 2. The molecule has 0 saturated heterocycles. The lowest BCUT2D eigenvalue weighted by molar-refractivity contribution is -0.131. The number of hydrogen-bond donors (Lipinski definition) is 2. The van der Waals surface area contributed by atoms with E-state index in [-0.39, 0.29) is 34.7 Å². The number of carbonyl (C=O) groups is 1. The van der Waals surface area contributed by atoms with Crippen molar-refractivity contribution in [1.82, 2.24) is 9.62 Å². The van der Waals surface area contributed by atoms with Crippen LogP contribution in [0.3, 0.4) is 0 Å². The second-order valence-electron chi connectivity index (χ2n) is 6.26. The van der Waals surface area contributed by atoms with E-state index in [4.69, 9.17) is 5.14 Å². The second-order valence-corrected chi connectivity index (χ2v) is 9.58. The standard InChI is InChI=1S/C18H23N3O5S2/c1-14(15-8-10-16(11-9-15)27(19,23)24)21(2)18(22)12-13-20-28(25,26)17-6-4-3-5-7-17/h3-11,14,20H,12-13H2,1-2H3,(H2,19,23,24). The number of carbonyl (C=O) groups excluding carboxylic acids is 1. The van der Waals surface area contributed by atoms with Crippen LogP contribution in [0.25, 0.3) is 0 Å². The molecule has 1 atom stereocenters. The van der Waals surface area contributed by atoms with Crippen molar-refractivity contribution >= 4 is 26.0 Å². The molecule has 0 radical (unpaired) electrons. The van der Waals surface area contributed by atoms with Crippen LogP contribution in [0.1, 0.15) is 24.9 Å². The van der Waals surface area contributed by atoms with Gasteiger partial charge in [0.1, 0.15) is 0 Å². The van der Waals surface area contributed by atoms with Gasteiger partial charge in [-0.25, -0.2) is 26.7 Å². The number of nitrogens with two attached hydrogens (primary N) is 1. The average Bonchev–Trinajstić information content (AvgIpc) is 2.66. The van der Waals surface area contributed by atoms with E-state index in [0.717, 1.165) is 5.56 Å². The van der Waals surface area contributed by atoms with E-state index in [2.05, 4.69) is 4.72 Å². The first kappa shape index (κ1) is 22.0. The molecule has 152 valence electrons. The molecule has 2 aromatic rings. The predicted octanol–water partition coefficient (Wildman–Crippen LogP) is 1.22. The summed E-state index contributed by atoms with van der Waals surface area (Å²) in [5.41, 5.74) is 0.730. The fraction of sp³-hybridized carbons (Fsp3) is 0.278. The Morgan fingerprint density at radius 1 is 1.00 bits per heavy atom. The number of nitrogens with zero attached hydrogens (tertiary/aromatic N) is 1. The summed E-state index contributed by atoms with van der Waals surface area (Å²) >= 11 is 0. The number of amides is 1. The fourth-order valence-electron chi connectivity index (χ4n) is 2.53. The Bertz CT molecular complexity index is 1020. The highest BCUT2D eigenvalue weighted by Crippen LogP contribution is 2.21. The molecule has 10 heteroatoms. The summed E-state index contributed by atoms with van der Waals surface area (Å²) in [6, 6.07) is 13.5. The molecule has 28 heavy (non-hydrogen) atoms. The minimum atomic E-state index is -3.78. The zero-order valence-corrected chi connectivity index (χ0v) is 17.2. The highest BCUT2D eigenvalue weighted by Gasteiger charge is 2.19. The maximum absolute atomic E-state index is 12.4. The molecule has 2 rings (SSSR count). The molecule has 0 heterocycles. The van der Waals surface area contributed by atoms with Gasteiger partial charge in [0.15, 0.2) is 0 Å². The molecule has 8 nitrogen and oxygen atoms in total. The van der Waals surface area contributed by atoms with Crippen molar-refractivity contribution in [3.05, 3.63) is 60.2 Å². The molecule has 0 fully saturated rings. The van der Waals surface area contributed by atoms with Crippen LogP contribution in [-0.4, -0.2) is 41.2 Å². The number of benzene rings is 2. The summed E-state index contributed by atoms with van der Waals surface area (Å²) in [5, 5.41) is 5.07. The van der Waals surface area contributed by atoms with E-state index in [1.165, 1.54) is 29.2 Å². The maximum Gasteiger partial charge on any atom is 0.240 e. The molecule has 0 saturated carbocycles. The third-order valence-corrected chi connectivity index (χ3v) is 6.76. The van der Waals surface area contributed by atoms with E-state index in [0.29, 0.717) is 0 Å². The van der Waals surface area contributed by atoms with Crippen LogP contribution >= 0.6 is 0 Å². The van der Waals surface area contributed by atoms with Gasteiger partial charge in [-0.2, -0.15) is 0 Å². The van der Waals surface area contributed by atoms with E-state index < -0.39 is 20.0 Å². The number of rotatable bonds is 8. The lowest BCUT2D eigenvalue weighted by atomic mass is 10.1. The Morgan fingerprint density at radius 3 is 2.11 bits per heavy atom. The SMILES string of the molecule is CC(c1ccc(S(N)(=O)=O)cc1)N(C)C(=O)CCNS(=O)(=O)c1ccccc1. The van der Waals surface area contributed by atoms with Crippen LogP contribution in [-0.2, 0) is 24.8 Å². The van der Waals surface area contributed by atoms with Gasteiger partial charge >= 0.3 is 0 Å². The van der Waals surface area contributed by atoms with Crippen molar-refractivity contribution in [1.29, 1.82) is 0 Å². The Hall–Kier alpha value is -2.27. The van der Waals surface area contributed by atoms with E-state index in [1.54, 1.807) is 44.3 Å². The Kier molecular flexibility index (Phi) is 6.94. The molecule has 1 unspecified atom stereocenters. The smallest absolute Gasteiger partial charge is 0.240 e. The normalized spacial score (nSPS) is 13.1. The summed E-state index contributed by atoms with van der Waals surface area (Å²) in [6.45, 7) is 1.76. The summed E-state index contributed by atoms with van der Waals surface area (Å²) < 4.78 is 49.4. The van der Waals surface area contributed by atoms with Gasteiger partial charge < -0.3 is 4.90 Å². The Morgan fingerprint density at radius 2 is 1.57 bits per heavy atom. The lowest BCUT2D eigenvalue weighted by Crippen LogP contribution is -2.33. The first-order valence-electron chi connectivity index (χ1n) is 8.45. The maximum atomic E-state index is 12.4. The second kappa shape index (κ2) is 8.82. The van der Waals surface area contributed by atoms with Crippen LogP contribution in [0.2, 0.25) is 0 Å². The molecule has 0 spiro atoms. The molecule has 3 N–H and O–H groups in total. The van der Waals surface area contributed by atoms with Crippen LogP contribution in [0.15, 0.2) is 64.4 Å². The van der Waals surface area contributed by atoms with Gasteiger partial charge in [0.25, 0.3) is 0 Å². The van der Waals surface area contributed by atoms with Crippen molar-refractivity contribution in [2.45, 2.75) is 29.2 Å². The van der Waals surface area contributed by atoms with Crippen molar-refractivity contribution < 1.29 is 21.6 Å². The molecule has 0 aliphatic rings. The van der Waals surface area contributed by atoms with Gasteiger partial charge in [0.2, 0.25) is 26.0 Å². The molecule has 0 bridgehead atoms. The first-order chi connectivity index (χ1) is 13.0. The molecular formula is C18H23N3O5S2. The van der Waals surface area contributed by atoms with Crippen LogP contribution in [0, 0.1) is 0 Å². The number of nitrogens with one attached hydrogen (secondary N) is 1. The van der Waals surface area contributed by atoms with Crippen molar-refractivity contribution in [3.8, 4) is 0 Å². The summed E-state index contributed by atoms with van der Waals surface area (Å²) in [6.07, 6.45) is -0.0117.